The molecule has 1 heterocycles. The number of hydrogen-bond donors (Lipinski definition) is 1. The normalized spacial score (nSPS) is 10.7. The number of nitrogens with zero attached hydrogens (tertiary/aromatic N) is 2. The molecule has 0 amide bonds. The first-order valence-corrected chi connectivity index (χ1v) is 7.53. The van der Waals surface area contributed by atoms with Crippen LogP contribution < -0.4 is 0 Å². The molecule has 3 rings (SSSR count). The topological polar surface area (TPSA) is 41.6 Å². The van der Waals surface area contributed by atoms with E-state index >= 15 is 0 Å². The van der Waals surface area contributed by atoms with Crippen LogP contribution in [0.1, 0.15) is 5.82 Å². The Morgan fingerprint density at radius 2 is 1.75 bits per heavy atom. The van der Waals surface area contributed by atoms with Crippen molar-refractivity contribution in [1.82, 2.24) is 15.2 Å². The van der Waals surface area contributed by atoms with Gasteiger partial charge in [0.05, 0.1) is 5.75 Å². The third-order valence-electron chi connectivity index (χ3n) is 2.75. The van der Waals surface area contributed by atoms with Gasteiger partial charge < -0.3 is 0 Å². The molecule has 3 nitrogen and oxygen atoms in total. The molecule has 2 aromatic carbocycles. The summed E-state index contributed by atoms with van der Waals surface area (Å²) in [6, 6.07) is 17.7. The number of rotatable bonds is 4. The van der Waals surface area contributed by atoms with Gasteiger partial charge in [-0.3, -0.25) is 5.10 Å². The molecule has 0 unspecified atom stereocenters. The molecule has 0 spiro atoms. The Morgan fingerprint density at radius 1 is 1.00 bits per heavy atom. The van der Waals surface area contributed by atoms with E-state index in [2.05, 4.69) is 15.2 Å². The lowest BCUT2D eigenvalue weighted by Gasteiger charge is -1.98. The predicted molar refractivity (Wildman–Crippen MR) is 82.8 cm³/mol. The molecule has 0 radical (unpaired) electrons. The first-order chi connectivity index (χ1) is 9.81. The van der Waals surface area contributed by atoms with Crippen molar-refractivity contribution in [3.05, 3.63) is 65.4 Å². The fourth-order valence-electron chi connectivity index (χ4n) is 1.76. The SMILES string of the molecule is Clc1ccc(SCc2nc(-c3ccccc3)n[nH]2)cc1. The molecule has 0 aliphatic carbocycles. The lowest BCUT2D eigenvalue weighted by molar-refractivity contribution is 1.03. The van der Waals surface area contributed by atoms with Crippen molar-refractivity contribution >= 4 is 23.4 Å². The maximum Gasteiger partial charge on any atom is 0.181 e. The molecule has 20 heavy (non-hydrogen) atoms. The van der Waals surface area contributed by atoms with Gasteiger partial charge in [0, 0.05) is 15.5 Å². The summed E-state index contributed by atoms with van der Waals surface area (Å²) in [7, 11) is 0. The summed E-state index contributed by atoms with van der Waals surface area (Å²) in [6.07, 6.45) is 0. The van der Waals surface area contributed by atoms with Gasteiger partial charge in [0.2, 0.25) is 0 Å². The average molecular weight is 302 g/mol. The molecule has 0 fully saturated rings. The van der Waals surface area contributed by atoms with E-state index in [9.17, 15) is 0 Å². The first kappa shape index (κ1) is 13.2. The van der Waals surface area contributed by atoms with E-state index < -0.39 is 0 Å². The van der Waals surface area contributed by atoms with Crippen LogP contribution in [0, 0.1) is 0 Å². The molecule has 0 saturated carbocycles. The number of thioether (sulfide) groups is 1. The molecule has 5 heteroatoms. The van der Waals surface area contributed by atoms with Crippen LogP contribution in [-0.2, 0) is 5.75 Å². The van der Waals surface area contributed by atoms with Gasteiger partial charge in [0.1, 0.15) is 5.82 Å². The zero-order valence-corrected chi connectivity index (χ0v) is 12.2. The molecule has 0 saturated heterocycles. The second-order valence-electron chi connectivity index (χ2n) is 4.21. The maximum atomic E-state index is 5.86. The fourth-order valence-corrected chi connectivity index (χ4v) is 2.65. The molecule has 100 valence electrons. The van der Waals surface area contributed by atoms with Crippen molar-refractivity contribution in [3.8, 4) is 11.4 Å². The molecule has 1 N–H and O–H groups in total. The largest absolute Gasteiger partial charge is 0.262 e. The van der Waals surface area contributed by atoms with Crippen molar-refractivity contribution in [2.45, 2.75) is 10.6 Å². The fraction of sp³-hybridized carbons (Fsp3) is 0.0667. The monoisotopic (exact) mass is 301 g/mol. The van der Waals surface area contributed by atoms with E-state index in [0.29, 0.717) is 0 Å². The minimum atomic E-state index is 0.734. The summed E-state index contributed by atoms with van der Waals surface area (Å²) >= 11 is 7.56. The smallest absolute Gasteiger partial charge is 0.181 e. The zero-order valence-electron chi connectivity index (χ0n) is 10.6. The lowest BCUT2D eigenvalue weighted by atomic mass is 10.2. The molecular formula is C15H12ClN3S. The van der Waals surface area contributed by atoms with Crippen LogP contribution in [0.5, 0.6) is 0 Å². The number of aromatic amines is 1. The predicted octanol–water partition coefficient (Wildman–Crippen LogP) is 4.42. The number of hydrogen-bond acceptors (Lipinski definition) is 3. The molecule has 0 bridgehead atoms. The Labute approximate surface area is 126 Å². The van der Waals surface area contributed by atoms with Crippen molar-refractivity contribution in [3.63, 3.8) is 0 Å². The van der Waals surface area contributed by atoms with Crippen molar-refractivity contribution in [1.29, 1.82) is 0 Å². The van der Waals surface area contributed by atoms with Crippen LogP contribution >= 0.6 is 23.4 Å². The van der Waals surface area contributed by atoms with Gasteiger partial charge in [0.15, 0.2) is 5.82 Å². The third-order valence-corrected chi connectivity index (χ3v) is 4.03. The summed E-state index contributed by atoms with van der Waals surface area (Å²) in [4.78, 5) is 5.66. The second kappa shape index (κ2) is 6.11. The van der Waals surface area contributed by atoms with E-state index in [1.54, 1.807) is 11.8 Å². The molecule has 1 aromatic heterocycles. The number of halogens is 1. The zero-order chi connectivity index (χ0) is 13.8. The number of nitrogens with one attached hydrogen (secondary N) is 1. The highest BCUT2D eigenvalue weighted by atomic mass is 35.5. The summed E-state index contributed by atoms with van der Waals surface area (Å²) in [6.45, 7) is 0. The Balaban J connectivity index is 1.67. The number of benzene rings is 2. The molecular weight excluding hydrogens is 290 g/mol. The standard InChI is InChI=1S/C15H12ClN3S/c16-12-6-8-13(9-7-12)20-10-14-17-15(19-18-14)11-4-2-1-3-5-11/h1-9H,10H2,(H,17,18,19). The summed E-state index contributed by atoms with van der Waals surface area (Å²) in [5.41, 5.74) is 1.02. The molecule has 0 aliphatic rings. The van der Waals surface area contributed by atoms with Crippen LogP contribution in [0.4, 0.5) is 0 Å². The highest BCUT2D eigenvalue weighted by Crippen LogP contribution is 2.23. The van der Waals surface area contributed by atoms with Crippen LogP contribution in [0.2, 0.25) is 5.02 Å². The van der Waals surface area contributed by atoms with Crippen LogP contribution in [0.25, 0.3) is 11.4 Å². The van der Waals surface area contributed by atoms with Gasteiger partial charge in [-0.05, 0) is 24.3 Å². The number of aromatic nitrogens is 3. The minimum absolute atomic E-state index is 0.734. The highest BCUT2D eigenvalue weighted by molar-refractivity contribution is 7.98. The van der Waals surface area contributed by atoms with Crippen LogP contribution in [0.15, 0.2) is 59.5 Å². The van der Waals surface area contributed by atoms with Gasteiger partial charge in [0.25, 0.3) is 0 Å². The van der Waals surface area contributed by atoms with E-state index in [4.69, 9.17) is 11.6 Å². The van der Waals surface area contributed by atoms with Crippen LogP contribution in [0.3, 0.4) is 0 Å². The Morgan fingerprint density at radius 3 is 2.50 bits per heavy atom. The maximum absolute atomic E-state index is 5.86. The van der Waals surface area contributed by atoms with Gasteiger partial charge in [-0.2, -0.15) is 5.10 Å². The summed E-state index contributed by atoms with van der Waals surface area (Å²) in [5.74, 6) is 2.35. The van der Waals surface area contributed by atoms with Gasteiger partial charge >= 0.3 is 0 Å². The van der Waals surface area contributed by atoms with E-state index in [1.807, 2.05) is 54.6 Å². The van der Waals surface area contributed by atoms with Crippen molar-refractivity contribution in [2.75, 3.05) is 0 Å². The Bertz CT molecular complexity index is 680. The molecule has 3 aromatic rings. The number of H-pyrrole nitrogens is 1. The summed E-state index contributed by atoms with van der Waals surface area (Å²) < 4.78 is 0. The quantitative estimate of drug-likeness (QED) is 0.725. The molecule has 0 aliphatic heterocycles. The Kier molecular flexibility index (Phi) is 4.04. The van der Waals surface area contributed by atoms with E-state index in [0.717, 1.165) is 32.9 Å². The van der Waals surface area contributed by atoms with Crippen LogP contribution in [-0.4, -0.2) is 15.2 Å². The lowest BCUT2D eigenvalue weighted by Crippen LogP contribution is -1.84. The van der Waals surface area contributed by atoms with E-state index in [-0.39, 0.29) is 0 Å². The van der Waals surface area contributed by atoms with Gasteiger partial charge in [-0.25, -0.2) is 4.98 Å². The summed E-state index contributed by atoms with van der Waals surface area (Å²) in [5, 5.41) is 7.97. The minimum Gasteiger partial charge on any atom is -0.262 e. The third kappa shape index (κ3) is 3.21. The van der Waals surface area contributed by atoms with Crippen molar-refractivity contribution in [2.24, 2.45) is 0 Å². The van der Waals surface area contributed by atoms with Gasteiger partial charge in [-0.15, -0.1) is 11.8 Å². The first-order valence-electron chi connectivity index (χ1n) is 6.16. The van der Waals surface area contributed by atoms with Gasteiger partial charge in [-0.1, -0.05) is 41.9 Å². The highest BCUT2D eigenvalue weighted by Gasteiger charge is 2.05. The second-order valence-corrected chi connectivity index (χ2v) is 5.70. The average Bonchev–Trinajstić information content (AvgIpc) is 2.97. The van der Waals surface area contributed by atoms with Crippen molar-refractivity contribution < 1.29 is 0 Å². The Hall–Kier alpha value is -1.78. The molecule has 0 atom stereocenters. The van der Waals surface area contributed by atoms with E-state index in [1.165, 1.54) is 0 Å².